The molecule has 2 aromatic carbocycles. The summed E-state index contributed by atoms with van der Waals surface area (Å²) in [6.45, 7) is 1.82. The molecule has 0 bridgehead atoms. The Labute approximate surface area is 201 Å². The topological polar surface area (TPSA) is 48.0 Å². The molecule has 2 saturated heterocycles. The van der Waals surface area contributed by atoms with Gasteiger partial charge in [-0.1, -0.05) is 43.5 Å². The normalized spacial score (nSPS) is 23.6. The van der Waals surface area contributed by atoms with Crippen LogP contribution >= 0.6 is 0 Å². The van der Waals surface area contributed by atoms with Crippen molar-refractivity contribution in [3.05, 3.63) is 59.9 Å². The maximum absolute atomic E-state index is 14.0. The molecule has 5 rings (SSSR count). The summed E-state index contributed by atoms with van der Waals surface area (Å²) in [5.41, 5.74) is 0.378. The average molecular weight is 468 g/mol. The van der Waals surface area contributed by atoms with Gasteiger partial charge >= 0.3 is 0 Å². The number of carbonyl (C=O) groups is 1. The van der Waals surface area contributed by atoms with E-state index in [2.05, 4.69) is 17.0 Å². The van der Waals surface area contributed by atoms with Gasteiger partial charge in [0.25, 0.3) is 0 Å². The first kappa shape index (κ1) is 23.2. The van der Waals surface area contributed by atoms with Gasteiger partial charge in [-0.2, -0.15) is 0 Å². The third-order valence-corrected chi connectivity index (χ3v) is 8.03. The van der Waals surface area contributed by atoms with Crippen molar-refractivity contribution >= 4 is 5.91 Å². The predicted molar refractivity (Wildman–Crippen MR) is 128 cm³/mol. The summed E-state index contributed by atoms with van der Waals surface area (Å²) in [7, 11) is 1.66. The van der Waals surface area contributed by atoms with Crippen LogP contribution in [0.3, 0.4) is 0 Å². The molecule has 34 heavy (non-hydrogen) atoms. The summed E-state index contributed by atoms with van der Waals surface area (Å²) in [6.07, 6.45) is 7.27. The molecule has 3 aliphatic rings. The van der Waals surface area contributed by atoms with Crippen LogP contribution in [0, 0.1) is 5.82 Å². The monoisotopic (exact) mass is 467 g/mol. The molecule has 1 aliphatic carbocycles. The highest BCUT2D eigenvalue weighted by atomic mass is 19.1. The lowest BCUT2D eigenvalue weighted by atomic mass is 9.68. The molecular formula is C28H34FNO4. The highest BCUT2D eigenvalue weighted by molar-refractivity contribution is 5.88. The average Bonchev–Trinajstić information content (AvgIpc) is 3.27. The molecule has 3 fully saturated rings. The number of nitrogens with zero attached hydrogens (tertiary/aromatic N) is 1. The van der Waals surface area contributed by atoms with E-state index < -0.39 is 5.41 Å². The summed E-state index contributed by atoms with van der Waals surface area (Å²) >= 11 is 0. The molecule has 6 heteroatoms. The molecule has 0 aromatic heterocycles. The highest BCUT2D eigenvalue weighted by Gasteiger charge is 2.48. The number of piperidine rings is 1. The van der Waals surface area contributed by atoms with E-state index in [0.29, 0.717) is 19.7 Å². The van der Waals surface area contributed by atoms with Crippen LogP contribution in [-0.2, 0) is 14.9 Å². The van der Waals surface area contributed by atoms with Crippen LogP contribution < -0.4 is 9.47 Å². The van der Waals surface area contributed by atoms with E-state index in [9.17, 15) is 9.18 Å². The van der Waals surface area contributed by atoms with E-state index in [-0.39, 0.29) is 29.2 Å². The van der Waals surface area contributed by atoms with Crippen LogP contribution in [0.5, 0.6) is 11.5 Å². The van der Waals surface area contributed by atoms with Gasteiger partial charge in [-0.25, -0.2) is 4.39 Å². The number of carbonyl (C=O) groups excluding carboxylic acids is 1. The summed E-state index contributed by atoms with van der Waals surface area (Å²) in [6, 6.07) is 14.6. The van der Waals surface area contributed by atoms with Crippen LogP contribution in [-0.4, -0.2) is 49.3 Å². The first-order valence-corrected chi connectivity index (χ1v) is 12.5. The molecule has 1 amide bonds. The number of likely N-dealkylation sites (tertiary alicyclic amines) is 1. The van der Waals surface area contributed by atoms with E-state index in [1.165, 1.54) is 12.5 Å². The number of methoxy groups -OCH3 is 1. The van der Waals surface area contributed by atoms with Gasteiger partial charge in [0.2, 0.25) is 5.91 Å². The van der Waals surface area contributed by atoms with Gasteiger partial charge in [-0.3, -0.25) is 4.79 Å². The minimum atomic E-state index is -0.442. The van der Waals surface area contributed by atoms with Gasteiger partial charge in [0.1, 0.15) is 11.9 Å². The quantitative estimate of drug-likeness (QED) is 0.602. The van der Waals surface area contributed by atoms with E-state index in [1.54, 1.807) is 25.3 Å². The lowest BCUT2D eigenvalue weighted by molar-refractivity contribution is -0.143. The number of para-hydroxylation sites is 1. The van der Waals surface area contributed by atoms with Crippen molar-refractivity contribution in [2.24, 2.45) is 0 Å². The molecule has 1 atom stereocenters. The minimum absolute atomic E-state index is 0.164. The minimum Gasteiger partial charge on any atom is -0.497 e. The zero-order valence-corrected chi connectivity index (χ0v) is 19.9. The Morgan fingerprint density at radius 2 is 1.71 bits per heavy atom. The van der Waals surface area contributed by atoms with Crippen molar-refractivity contribution in [1.29, 1.82) is 0 Å². The second-order valence-corrected chi connectivity index (χ2v) is 10.0. The second-order valence-electron chi connectivity index (χ2n) is 10.0. The summed E-state index contributed by atoms with van der Waals surface area (Å²) in [4.78, 5) is 16.0. The summed E-state index contributed by atoms with van der Waals surface area (Å²) < 4.78 is 31.4. The number of ether oxygens (including phenoxy) is 3. The van der Waals surface area contributed by atoms with Gasteiger partial charge in [0.05, 0.1) is 24.7 Å². The first-order chi connectivity index (χ1) is 16.5. The van der Waals surface area contributed by atoms with E-state index >= 15 is 0 Å². The Bertz CT molecular complexity index is 994. The van der Waals surface area contributed by atoms with Crippen molar-refractivity contribution in [2.45, 2.75) is 68.5 Å². The summed E-state index contributed by atoms with van der Waals surface area (Å²) in [5.74, 6) is 0.997. The largest absolute Gasteiger partial charge is 0.497 e. The number of hydrogen-bond donors (Lipinski definition) is 0. The molecule has 2 aliphatic heterocycles. The number of amides is 1. The van der Waals surface area contributed by atoms with Gasteiger partial charge < -0.3 is 19.1 Å². The Kier molecular flexibility index (Phi) is 6.52. The SMILES string of the molecule is COc1ccc(C2(C(=O)N3CCC4(CC3)CC(Oc3ccccc3F)CO4)CCCCC2)cc1. The number of halogens is 1. The zero-order chi connectivity index (χ0) is 23.6. The first-order valence-electron chi connectivity index (χ1n) is 12.5. The standard InChI is InChI=1S/C28H34FNO4/c1-32-22-11-9-21(10-12-22)28(13-5-2-6-14-28)26(31)30-17-15-27(16-18-30)19-23(20-33-27)34-25-8-4-3-7-24(25)29/h3-4,7-12,23H,2,5-6,13-20H2,1H3. The van der Waals surface area contributed by atoms with Crippen LogP contribution in [0.4, 0.5) is 4.39 Å². The van der Waals surface area contributed by atoms with Gasteiger partial charge in [-0.15, -0.1) is 0 Å². The fraction of sp³-hybridized carbons (Fsp3) is 0.536. The Hall–Kier alpha value is -2.60. The number of rotatable bonds is 5. The molecule has 0 N–H and O–H groups in total. The van der Waals surface area contributed by atoms with Crippen molar-refractivity contribution in [2.75, 3.05) is 26.8 Å². The summed E-state index contributed by atoms with van der Waals surface area (Å²) in [5, 5.41) is 0. The van der Waals surface area contributed by atoms with E-state index in [4.69, 9.17) is 14.2 Å². The van der Waals surface area contributed by atoms with Crippen LogP contribution in [0.25, 0.3) is 0 Å². The van der Waals surface area contributed by atoms with Gasteiger partial charge in [0, 0.05) is 19.5 Å². The maximum atomic E-state index is 14.0. The van der Waals surface area contributed by atoms with Crippen LogP contribution in [0.1, 0.15) is 56.9 Å². The molecule has 5 nitrogen and oxygen atoms in total. The molecular weight excluding hydrogens is 433 g/mol. The predicted octanol–water partition coefficient (Wildman–Crippen LogP) is 5.27. The third-order valence-electron chi connectivity index (χ3n) is 8.03. The lowest BCUT2D eigenvalue weighted by Gasteiger charge is -2.44. The van der Waals surface area contributed by atoms with Crippen molar-refractivity contribution in [3.63, 3.8) is 0 Å². The van der Waals surface area contributed by atoms with E-state index in [1.807, 2.05) is 12.1 Å². The molecule has 2 heterocycles. The molecule has 2 aromatic rings. The molecule has 1 unspecified atom stereocenters. The Balaban J connectivity index is 1.25. The van der Waals surface area contributed by atoms with Crippen LogP contribution in [0.15, 0.2) is 48.5 Å². The number of benzene rings is 2. The van der Waals surface area contributed by atoms with Gasteiger partial charge in [0.15, 0.2) is 11.6 Å². The smallest absolute Gasteiger partial charge is 0.233 e. The third kappa shape index (κ3) is 4.40. The van der Waals surface area contributed by atoms with Crippen molar-refractivity contribution in [3.8, 4) is 11.5 Å². The maximum Gasteiger partial charge on any atom is 0.233 e. The Morgan fingerprint density at radius 1 is 1.00 bits per heavy atom. The zero-order valence-electron chi connectivity index (χ0n) is 19.9. The molecule has 0 radical (unpaired) electrons. The van der Waals surface area contributed by atoms with E-state index in [0.717, 1.165) is 56.3 Å². The van der Waals surface area contributed by atoms with Crippen LogP contribution in [0.2, 0.25) is 0 Å². The molecule has 182 valence electrons. The fourth-order valence-corrected chi connectivity index (χ4v) is 6.06. The molecule has 1 spiro atoms. The Morgan fingerprint density at radius 3 is 2.38 bits per heavy atom. The molecule has 1 saturated carbocycles. The number of hydrogen-bond acceptors (Lipinski definition) is 4. The highest BCUT2D eigenvalue weighted by Crippen LogP contribution is 2.44. The second kappa shape index (κ2) is 9.57. The van der Waals surface area contributed by atoms with Gasteiger partial charge in [-0.05, 0) is 55.5 Å². The van der Waals surface area contributed by atoms with Crippen molar-refractivity contribution < 1.29 is 23.4 Å². The van der Waals surface area contributed by atoms with Crippen molar-refractivity contribution in [1.82, 2.24) is 4.90 Å². The fourth-order valence-electron chi connectivity index (χ4n) is 6.06. The lowest BCUT2D eigenvalue weighted by Crippen LogP contribution is -2.53.